The van der Waals surface area contributed by atoms with Gasteiger partial charge in [-0.3, -0.25) is 4.98 Å². The number of fused-ring (bicyclic) bond motifs is 5. The average molecular weight is 1100 g/mol. The van der Waals surface area contributed by atoms with Gasteiger partial charge >= 0.3 is 0 Å². The third-order valence-corrected chi connectivity index (χ3v) is 14.2. The molecule has 0 fully saturated rings. The van der Waals surface area contributed by atoms with E-state index in [0.29, 0.717) is 11.3 Å². The minimum Gasteiger partial charge on any atom is -0.501 e. The summed E-state index contributed by atoms with van der Waals surface area (Å²) in [6.07, 6.45) is 5.03. The van der Waals surface area contributed by atoms with E-state index in [1.54, 1.807) is 12.1 Å². The molecular weight excluding hydrogens is 1030 g/mol. The van der Waals surface area contributed by atoms with Crippen LogP contribution in [0.1, 0.15) is 128 Å². The van der Waals surface area contributed by atoms with Crippen LogP contribution in [-0.4, -0.2) is 14.5 Å². The van der Waals surface area contributed by atoms with Gasteiger partial charge in [0.05, 0.1) is 22.4 Å². The predicted molar refractivity (Wildman–Crippen MR) is 290 cm³/mol. The molecule has 355 valence electrons. The number of rotatable bonds is 7. The molecule has 10 aromatic rings. The number of hydrogen-bond acceptors (Lipinski definition) is 3. The van der Waals surface area contributed by atoms with Gasteiger partial charge in [-0.1, -0.05) is 165 Å². The molecule has 0 N–H and O–H groups in total. The molecule has 7 aromatic carbocycles. The fourth-order valence-electron chi connectivity index (χ4n) is 10.4. The SMILES string of the molecule is CC(C)c1cc(-c2ccc(-c3ccc4c(c3)C(C)(C)CCCC4(C)C)cc2)cc(C(C)C)c1-n1c(-c2[c-]ccc3c2oc2ccccc23)nc2ccccc21.[2H]C([2H])([2H])c1c[c-]c(-c2ccc(C([2H])([2H])[2H])cn2)cc1.[Ir]. The van der Waals surface area contributed by atoms with Crippen LogP contribution in [0.25, 0.3) is 83.6 Å². The summed E-state index contributed by atoms with van der Waals surface area (Å²) in [4.78, 5) is 9.40. The molecule has 0 aliphatic heterocycles. The van der Waals surface area contributed by atoms with Gasteiger partial charge in [0.15, 0.2) is 0 Å². The smallest absolute Gasteiger partial charge is 0.120 e. The first-order valence-electron chi connectivity index (χ1n) is 27.3. The summed E-state index contributed by atoms with van der Waals surface area (Å²) < 4.78 is 52.6. The van der Waals surface area contributed by atoms with E-state index in [4.69, 9.17) is 17.6 Å². The van der Waals surface area contributed by atoms with E-state index in [9.17, 15) is 0 Å². The zero-order valence-corrected chi connectivity index (χ0v) is 43.7. The van der Waals surface area contributed by atoms with E-state index < -0.39 is 13.7 Å². The summed E-state index contributed by atoms with van der Waals surface area (Å²) in [6.45, 7) is 14.6. The molecule has 3 heterocycles. The van der Waals surface area contributed by atoms with Crippen molar-refractivity contribution >= 4 is 33.0 Å². The summed E-state index contributed by atoms with van der Waals surface area (Å²) in [7, 11) is 0. The van der Waals surface area contributed by atoms with Crippen LogP contribution in [0.15, 0.2) is 156 Å². The van der Waals surface area contributed by atoms with E-state index in [-0.39, 0.29) is 53.9 Å². The van der Waals surface area contributed by atoms with Gasteiger partial charge in [-0.05, 0) is 128 Å². The molecule has 0 saturated carbocycles. The van der Waals surface area contributed by atoms with Crippen LogP contribution in [0, 0.1) is 25.8 Å². The van der Waals surface area contributed by atoms with Crippen LogP contribution < -0.4 is 0 Å². The standard InChI is InChI=1S/C52H51N2O.C13H12N.Ir/c1-32(2)41-29-37(35-23-21-34(22-24-35)36-25-26-43-44(31-36)52(7,8)28-14-27-51(43,5)6)30-42(33(3)4)48(41)54-46-19-11-10-18-45(46)53-50(54)40-17-13-16-39-38-15-9-12-20-47(38)55-49(39)40;1-10-3-6-12(7-4-10)13-8-5-11(2)9-14-13;/h9-13,15-16,18-26,29-33H,14,27-28H2,1-8H3;3-6,8-9H,1-2H3;/q2*-1;/i;1D3,2D3;. The Morgan fingerprint density at radius 1 is 0.643 bits per heavy atom. The Morgan fingerprint density at radius 2 is 1.30 bits per heavy atom. The van der Waals surface area contributed by atoms with Crippen LogP contribution in [0.4, 0.5) is 0 Å². The monoisotopic (exact) mass is 1100 g/mol. The first kappa shape index (κ1) is 41.4. The zero-order valence-electron chi connectivity index (χ0n) is 47.3. The van der Waals surface area contributed by atoms with Gasteiger partial charge in [0.25, 0.3) is 0 Å². The molecule has 5 heteroatoms. The second-order valence-corrected chi connectivity index (χ2v) is 20.6. The van der Waals surface area contributed by atoms with Gasteiger partial charge in [-0.25, -0.2) is 0 Å². The Hall–Kier alpha value is -6.39. The van der Waals surface area contributed by atoms with Crippen LogP contribution in [0.2, 0.25) is 0 Å². The average Bonchev–Trinajstić information content (AvgIpc) is 3.98. The Balaban J connectivity index is 0.000000283. The van der Waals surface area contributed by atoms with Crippen molar-refractivity contribution in [1.82, 2.24) is 14.5 Å². The number of benzene rings is 7. The number of furan rings is 1. The third-order valence-electron chi connectivity index (χ3n) is 14.2. The first-order valence-corrected chi connectivity index (χ1v) is 24.3. The summed E-state index contributed by atoms with van der Waals surface area (Å²) in [5.74, 6) is 1.37. The maximum Gasteiger partial charge on any atom is 0.120 e. The topological polar surface area (TPSA) is 43.9 Å². The molecule has 0 atom stereocenters. The molecule has 1 radical (unpaired) electrons. The molecule has 0 amide bonds. The van der Waals surface area contributed by atoms with Gasteiger partial charge in [0.2, 0.25) is 0 Å². The summed E-state index contributed by atoms with van der Waals surface area (Å²) >= 11 is 0. The Morgan fingerprint density at radius 3 is 1.97 bits per heavy atom. The second kappa shape index (κ2) is 19.4. The van der Waals surface area contributed by atoms with Crippen molar-refractivity contribution in [3.05, 3.63) is 197 Å². The number of aryl methyl sites for hydroxylation is 2. The summed E-state index contributed by atoms with van der Waals surface area (Å²) in [5, 5.41) is 2.18. The van der Waals surface area contributed by atoms with E-state index in [2.05, 4.69) is 174 Å². The Kier molecular flexibility index (Phi) is 11.5. The van der Waals surface area contributed by atoms with Crippen LogP contribution in [0.5, 0.6) is 0 Å². The van der Waals surface area contributed by atoms with Crippen LogP contribution in [-0.2, 0) is 30.9 Å². The molecule has 3 aromatic heterocycles. The molecule has 0 spiro atoms. The molecule has 0 bridgehead atoms. The molecule has 70 heavy (non-hydrogen) atoms. The van der Waals surface area contributed by atoms with Gasteiger partial charge in [-0.15, -0.1) is 53.6 Å². The van der Waals surface area contributed by atoms with Crippen molar-refractivity contribution in [2.24, 2.45) is 0 Å². The Labute approximate surface area is 437 Å². The van der Waals surface area contributed by atoms with Gasteiger partial charge in [0.1, 0.15) is 5.58 Å². The maximum absolute atomic E-state index is 7.28. The van der Waals surface area contributed by atoms with Crippen molar-refractivity contribution in [3.63, 3.8) is 0 Å². The summed E-state index contributed by atoms with van der Waals surface area (Å²) in [5.41, 5.74) is 18.3. The molecule has 1 aliphatic carbocycles. The normalized spacial score (nSPS) is 15.7. The van der Waals surface area contributed by atoms with E-state index in [1.165, 1.54) is 93.9 Å². The van der Waals surface area contributed by atoms with Crippen molar-refractivity contribution in [2.45, 2.75) is 111 Å². The van der Waals surface area contributed by atoms with Crippen LogP contribution >= 0.6 is 0 Å². The number of imidazole rings is 1. The second-order valence-electron chi connectivity index (χ2n) is 20.6. The minimum absolute atomic E-state index is 0. The number of pyridine rings is 1. The fourth-order valence-corrected chi connectivity index (χ4v) is 10.4. The number of nitrogens with zero attached hydrogens (tertiary/aromatic N) is 3. The minimum atomic E-state index is -2.18. The van der Waals surface area contributed by atoms with Gasteiger partial charge in [-0.2, -0.15) is 0 Å². The molecule has 0 saturated heterocycles. The largest absolute Gasteiger partial charge is 0.501 e. The van der Waals surface area contributed by atoms with E-state index in [1.807, 2.05) is 18.2 Å². The number of para-hydroxylation sites is 3. The van der Waals surface area contributed by atoms with Crippen molar-refractivity contribution in [2.75, 3.05) is 0 Å². The maximum atomic E-state index is 7.28. The first-order chi connectivity index (χ1) is 35.6. The molecular formula is C65H63IrN3O-2. The predicted octanol–water partition coefficient (Wildman–Crippen LogP) is 17.9. The third kappa shape index (κ3) is 9.23. The van der Waals surface area contributed by atoms with Gasteiger partial charge in [0, 0.05) is 45.6 Å². The molecule has 1 aliphatic rings. The van der Waals surface area contributed by atoms with E-state index in [0.717, 1.165) is 44.4 Å². The quantitative estimate of drug-likeness (QED) is 0.118. The molecule has 11 rings (SSSR count). The fraction of sp³-hybridized carbons (Fsp3) is 0.262. The molecule has 4 nitrogen and oxygen atoms in total. The van der Waals surface area contributed by atoms with Crippen molar-refractivity contribution in [3.8, 4) is 50.6 Å². The number of aromatic nitrogens is 3. The number of hydrogen-bond donors (Lipinski definition) is 0. The van der Waals surface area contributed by atoms with E-state index >= 15 is 0 Å². The van der Waals surface area contributed by atoms with Crippen molar-refractivity contribution in [1.29, 1.82) is 0 Å². The zero-order chi connectivity index (χ0) is 53.2. The van der Waals surface area contributed by atoms with Gasteiger partial charge < -0.3 is 14.0 Å². The van der Waals surface area contributed by atoms with Crippen molar-refractivity contribution < 1.29 is 32.7 Å². The molecule has 0 unspecified atom stereocenters. The van der Waals surface area contributed by atoms with Crippen LogP contribution in [0.3, 0.4) is 0 Å². The Bertz CT molecular complexity index is 3630. The summed E-state index contributed by atoms with van der Waals surface area (Å²) in [6, 6.07) is 56.2.